The molecule has 0 spiro atoms. The molecule has 0 aromatic carbocycles. The molecule has 0 bridgehead atoms. The first-order chi connectivity index (χ1) is 13.2. The summed E-state index contributed by atoms with van der Waals surface area (Å²) in [6, 6.07) is 1.17. The van der Waals surface area contributed by atoms with Gasteiger partial charge < -0.3 is 4.98 Å². The fourth-order valence-corrected chi connectivity index (χ4v) is 4.26. The molecule has 1 aromatic rings. The number of rotatable bonds is 2. The Hall–Kier alpha value is -2.47. The lowest BCUT2D eigenvalue weighted by atomic mass is 10.0. The standard InChI is InChI=1S/C17H14F6N2O3S/c1-2-29(27,28)15-6-9(16(18,19)20)3-4-11(15)12-7-14-13(24-12)5-10(8-25(14)26)17(21,22)23/h3-8,15,24,26H,2H2,1H3. The predicted octanol–water partition coefficient (Wildman–Crippen LogP) is 2.46. The number of fused-ring (bicyclic) bond motifs is 1. The number of alkyl halides is 6. The van der Waals surface area contributed by atoms with Crippen LogP contribution in [0.2, 0.25) is 0 Å². The van der Waals surface area contributed by atoms with Crippen LogP contribution in [0.25, 0.3) is 11.6 Å². The lowest BCUT2D eigenvalue weighted by Gasteiger charge is -2.20. The molecule has 0 saturated carbocycles. The van der Waals surface area contributed by atoms with Gasteiger partial charge >= 0.3 is 12.4 Å². The molecule has 0 radical (unpaired) electrons. The molecule has 2 aliphatic rings. The summed E-state index contributed by atoms with van der Waals surface area (Å²) in [6.07, 6.45) is -6.16. The zero-order chi connectivity index (χ0) is 21.8. The molecule has 3 rings (SSSR count). The molecule has 29 heavy (non-hydrogen) atoms. The van der Waals surface area contributed by atoms with Gasteiger partial charge in [0.2, 0.25) is 0 Å². The van der Waals surface area contributed by atoms with Crippen LogP contribution in [0.3, 0.4) is 0 Å². The van der Waals surface area contributed by atoms with Gasteiger partial charge in [0.1, 0.15) is 5.25 Å². The van der Waals surface area contributed by atoms with E-state index in [-0.39, 0.29) is 27.0 Å². The monoisotopic (exact) mass is 440 g/mol. The van der Waals surface area contributed by atoms with Gasteiger partial charge in [0.15, 0.2) is 9.84 Å². The number of aromatic amines is 1. The molecule has 5 nitrogen and oxygen atoms in total. The summed E-state index contributed by atoms with van der Waals surface area (Å²) in [6.45, 7) is 1.27. The SMILES string of the molecule is CCS(=O)(=O)C1C=C(C(F)(F)F)C=CC1=c1cc2c([nH]1)=CC(C(F)(F)F)=CN2O. The number of nitrogens with zero attached hydrogens (tertiary/aromatic N) is 1. The molecule has 2 heterocycles. The van der Waals surface area contributed by atoms with E-state index in [1.807, 2.05) is 0 Å². The lowest BCUT2D eigenvalue weighted by molar-refractivity contribution is -0.0889. The summed E-state index contributed by atoms with van der Waals surface area (Å²) < 4.78 is 103. The van der Waals surface area contributed by atoms with Crippen molar-refractivity contribution in [1.82, 2.24) is 4.98 Å². The van der Waals surface area contributed by atoms with Crippen LogP contribution < -0.4 is 15.8 Å². The highest BCUT2D eigenvalue weighted by atomic mass is 32.2. The minimum Gasteiger partial charge on any atom is -0.353 e. The van der Waals surface area contributed by atoms with Crippen LogP contribution in [-0.4, -0.2) is 42.0 Å². The molecule has 1 aliphatic heterocycles. The van der Waals surface area contributed by atoms with Crippen LogP contribution in [0.5, 0.6) is 0 Å². The number of halogens is 6. The second-order valence-electron chi connectivity index (χ2n) is 6.33. The Morgan fingerprint density at radius 3 is 2.28 bits per heavy atom. The minimum atomic E-state index is -4.76. The van der Waals surface area contributed by atoms with Crippen molar-refractivity contribution in [1.29, 1.82) is 0 Å². The second kappa shape index (κ2) is 6.80. The average molecular weight is 440 g/mol. The van der Waals surface area contributed by atoms with Crippen molar-refractivity contribution in [2.75, 3.05) is 10.8 Å². The van der Waals surface area contributed by atoms with Crippen molar-refractivity contribution in [3.8, 4) is 0 Å². The number of aromatic nitrogens is 1. The number of allylic oxidation sites excluding steroid dienone is 4. The van der Waals surface area contributed by atoms with E-state index in [9.17, 15) is 40.0 Å². The van der Waals surface area contributed by atoms with Crippen molar-refractivity contribution in [2.45, 2.75) is 24.5 Å². The van der Waals surface area contributed by atoms with Crippen molar-refractivity contribution in [3.05, 3.63) is 52.3 Å². The van der Waals surface area contributed by atoms with Gasteiger partial charge in [-0.1, -0.05) is 13.0 Å². The molecule has 0 fully saturated rings. The Kier molecular flexibility index (Phi) is 4.98. The third kappa shape index (κ3) is 3.99. The topological polar surface area (TPSA) is 73.4 Å². The molecule has 158 valence electrons. The number of hydroxylamine groups is 1. The second-order valence-corrected chi connectivity index (χ2v) is 8.74. The third-order valence-electron chi connectivity index (χ3n) is 4.47. The fourth-order valence-electron chi connectivity index (χ4n) is 2.96. The zero-order valence-electron chi connectivity index (χ0n) is 14.6. The first-order valence-electron chi connectivity index (χ1n) is 8.15. The molecule has 12 heteroatoms. The summed E-state index contributed by atoms with van der Waals surface area (Å²) >= 11 is 0. The molecular formula is C17H14F6N2O3S. The fraction of sp³-hybridized carbons (Fsp3) is 0.294. The van der Waals surface area contributed by atoms with E-state index in [4.69, 9.17) is 0 Å². The van der Waals surface area contributed by atoms with Crippen LogP contribution >= 0.6 is 0 Å². The normalized spacial score (nSPS) is 22.1. The number of sulfone groups is 1. The van der Waals surface area contributed by atoms with Gasteiger partial charge in [-0.2, -0.15) is 26.3 Å². The Bertz CT molecular complexity index is 1150. The van der Waals surface area contributed by atoms with Crippen LogP contribution in [0.1, 0.15) is 6.92 Å². The van der Waals surface area contributed by atoms with Gasteiger partial charge in [-0.15, -0.1) is 0 Å². The Labute approximate surface area is 160 Å². The van der Waals surface area contributed by atoms with Crippen molar-refractivity contribution >= 4 is 27.2 Å². The lowest BCUT2D eigenvalue weighted by Crippen LogP contribution is -2.31. The highest BCUT2D eigenvalue weighted by Gasteiger charge is 2.38. The molecule has 0 saturated heterocycles. The predicted molar refractivity (Wildman–Crippen MR) is 92.8 cm³/mol. The average Bonchev–Trinajstić information content (AvgIpc) is 3.04. The molecule has 1 atom stereocenters. The van der Waals surface area contributed by atoms with Crippen LogP contribution in [-0.2, 0) is 9.84 Å². The number of hydrogen-bond donors (Lipinski definition) is 2. The first-order valence-corrected chi connectivity index (χ1v) is 9.86. The minimum absolute atomic E-state index is 0.0297. The highest BCUT2D eigenvalue weighted by Crippen LogP contribution is 2.34. The van der Waals surface area contributed by atoms with Crippen molar-refractivity contribution < 1.29 is 40.0 Å². The van der Waals surface area contributed by atoms with E-state index in [1.54, 1.807) is 0 Å². The summed E-state index contributed by atoms with van der Waals surface area (Å²) in [4.78, 5) is 2.55. The smallest absolute Gasteiger partial charge is 0.353 e. The van der Waals surface area contributed by atoms with Crippen LogP contribution in [0.15, 0.2) is 41.6 Å². The summed E-state index contributed by atoms with van der Waals surface area (Å²) in [7, 11) is -4.02. The van der Waals surface area contributed by atoms with Gasteiger partial charge in [-0.25, -0.2) is 13.5 Å². The number of nitrogens with one attached hydrogen (secondary N) is 1. The summed E-state index contributed by atoms with van der Waals surface area (Å²) in [5.41, 5.74) is -2.49. The summed E-state index contributed by atoms with van der Waals surface area (Å²) in [5, 5.41) is 8.20. The molecule has 1 aromatic heterocycles. The van der Waals surface area contributed by atoms with Crippen molar-refractivity contribution in [2.24, 2.45) is 0 Å². The van der Waals surface area contributed by atoms with E-state index >= 15 is 0 Å². The Morgan fingerprint density at radius 2 is 1.72 bits per heavy atom. The van der Waals surface area contributed by atoms with Gasteiger partial charge in [0.25, 0.3) is 0 Å². The maximum Gasteiger partial charge on any atom is 0.417 e. The van der Waals surface area contributed by atoms with Crippen LogP contribution in [0.4, 0.5) is 32.0 Å². The largest absolute Gasteiger partial charge is 0.417 e. The molecule has 2 N–H and O–H groups in total. The van der Waals surface area contributed by atoms with E-state index in [0.717, 1.165) is 6.08 Å². The Morgan fingerprint density at radius 1 is 1.10 bits per heavy atom. The van der Waals surface area contributed by atoms with E-state index in [0.29, 0.717) is 24.4 Å². The molecule has 1 aliphatic carbocycles. The van der Waals surface area contributed by atoms with Crippen molar-refractivity contribution in [3.63, 3.8) is 0 Å². The number of hydrogen-bond acceptors (Lipinski definition) is 4. The van der Waals surface area contributed by atoms with Crippen LogP contribution in [0, 0.1) is 0 Å². The maximum absolute atomic E-state index is 13.0. The van der Waals surface area contributed by atoms with Gasteiger partial charge in [0.05, 0.1) is 22.2 Å². The van der Waals surface area contributed by atoms with Gasteiger partial charge in [0, 0.05) is 17.3 Å². The maximum atomic E-state index is 13.0. The Balaban J connectivity index is 2.23. The quantitative estimate of drug-likeness (QED) is 0.694. The number of H-pyrrole nitrogens is 1. The molecule has 1 unspecified atom stereocenters. The third-order valence-corrected chi connectivity index (χ3v) is 6.44. The molecule has 0 amide bonds. The first kappa shape index (κ1) is 21.2. The van der Waals surface area contributed by atoms with Gasteiger partial charge in [-0.3, -0.25) is 5.21 Å². The zero-order valence-corrected chi connectivity index (χ0v) is 15.5. The molecular weight excluding hydrogens is 426 g/mol. The van der Waals surface area contributed by atoms with E-state index < -0.39 is 44.3 Å². The number of anilines is 1. The summed E-state index contributed by atoms with van der Waals surface area (Å²) in [5.74, 6) is -0.449. The van der Waals surface area contributed by atoms with E-state index in [1.165, 1.54) is 13.0 Å². The van der Waals surface area contributed by atoms with Gasteiger partial charge in [-0.05, 0) is 29.9 Å². The van der Waals surface area contributed by atoms with E-state index in [2.05, 4.69) is 4.98 Å². The highest BCUT2D eigenvalue weighted by molar-refractivity contribution is 7.92.